The van der Waals surface area contributed by atoms with Crippen LogP contribution in [0.2, 0.25) is 0 Å². The number of likely N-dealkylation sites (N-methyl/N-ethyl adjacent to an activating group) is 1. The van der Waals surface area contributed by atoms with Gasteiger partial charge in [-0.1, -0.05) is 13.3 Å². The summed E-state index contributed by atoms with van der Waals surface area (Å²) in [4.78, 5) is 2.16. The maximum Gasteiger partial charge on any atom is 0.150 e. The molecule has 0 aliphatic carbocycles. The van der Waals surface area contributed by atoms with Gasteiger partial charge in [-0.05, 0) is 19.3 Å². The summed E-state index contributed by atoms with van der Waals surface area (Å²) in [6.07, 6.45) is 4.65. The van der Waals surface area contributed by atoms with Crippen LogP contribution in [0.5, 0.6) is 0 Å². The molecule has 1 atom stereocenters. The van der Waals surface area contributed by atoms with E-state index in [-0.39, 0.29) is 0 Å². The van der Waals surface area contributed by atoms with Crippen molar-refractivity contribution in [2.24, 2.45) is 7.05 Å². The zero-order chi connectivity index (χ0) is 13.1. The largest absolute Gasteiger partial charge is 0.394 e. The predicted octanol–water partition coefficient (Wildman–Crippen LogP) is 1.57. The van der Waals surface area contributed by atoms with Crippen LogP contribution in [0.15, 0.2) is 0 Å². The molecule has 1 unspecified atom stereocenters. The number of rotatable bonds is 5. The van der Waals surface area contributed by atoms with E-state index in [4.69, 9.17) is 10.5 Å². The molecule has 1 aliphatic heterocycles. The van der Waals surface area contributed by atoms with Crippen molar-refractivity contribution in [3.05, 3.63) is 5.69 Å². The van der Waals surface area contributed by atoms with Crippen LogP contribution in [0.3, 0.4) is 0 Å². The van der Waals surface area contributed by atoms with Crippen molar-refractivity contribution in [3.8, 4) is 0 Å². The number of aryl methyl sites for hydroxylation is 2. The van der Waals surface area contributed by atoms with Gasteiger partial charge in [0, 0.05) is 27.2 Å². The second-order valence-corrected chi connectivity index (χ2v) is 5.07. The zero-order valence-electron chi connectivity index (χ0n) is 11.6. The second kappa shape index (κ2) is 5.61. The summed E-state index contributed by atoms with van der Waals surface area (Å²) in [5.41, 5.74) is 8.03. The Morgan fingerprint density at radius 3 is 2.94 bits per heavy atom. The minimum Gasteiger partial charge on any atom is -0.394 e. The molecule has 0 radical (unpaired) electrons. The van der Waals surface area contributed by atoms with E-state index in [0.717, 1.165) is 49.6 Å². The molecule has 1 aliphatic rings. The Kier molecular flexibility index (Phi) is 4.11. The number of hydrogen-bond acceptors (Lipinski definition) is 4. The summed E-state index contributed by atoms with van der Waals surface area (Å²) >= 11 is 0. The summed E-state index contributed by atoms with van der Waals surface area (Å²) in [5.74, 6) is 1.01. The van der Waals surface area contributed by atoms with E-state index in [1.54, 1.807) is 0 Å². The second-order valence-electron chi connectivity index (χ2n) is 5.07. The molecule has 2 N–H and O–H groups in total. The van der Waals surface area contributed by atoms with Gasteiger partial charge in [-0.3, -0.25) is 4.68 Å². The van der Waals surface area contributed by atoms with Crippen molar-refractivity contribution in [3.63, 3.8) is 0 Å². The third-order valence-corrected chi connectivity index (χ3v) is 3.48. The molecular formula is C13H24N4O. The minimum atomic E-state index is 0.332. The maximum atomic E-state index is 6.20. The fourth-order valence-corrected chi connectivity index (χ4v) is 2.64. The summed E-state index contributed by atoms with van der Waals surface area (Å²) in [6.45, 7) is 3.92. The SMILES string of the molecule is CCCc1nn(C)c(N(C)CC2CCCO2)c1N. The fraction of sp³-hybridized carbons (Fsp3) is 0.769. The molecule has 1 aromatic heterocycles. The Hall–Kier alpha value is -1.23. The summed E-state index contributed by atoms with van der Waals surface area (Å²) < 4.78 is 7.55. The predicted molar refractivity (Wildman–Crippen MR) is 73.9 cm³/mol. The summed E-state index contributed by atoms with van der Waals surface area (Å²) in [6, 6.07) is 0. The van der Waals surface area contributed by atoms with Crippen LogP contribution in [0.1, 0.15) is 31.9 Å². The van der Waals surface area contributed by atoms with Crippen LogP contribution < -0.4 is 10.6 Å². The van der Waals surface area contributed by atoms with E-state index >= 15 is 0 Å². The molecule has 5 nitrogen and oxygen atoms in total. The first-order valence-corrected chi connectivity index (χ1v) is 6.77. The van der Waals surface area contributed by atoms with E-state index in [0.29, 0.717) is 6.10 Å². The van der Waals surface area contributed by atoms with E-state index in [9.17, 15) is 0 Å². The van der Waals surface area contributed by atoms with E-state index in [1.165, 1.54) is 6.42 Å². The summed E-state index contributed by atoms with van der Waals surface area (Å²) in [7, 11) is 4.02. The highest BCUT2D eigenvalue weighted by Crippen LogP contribution is 2.27. The molecule has 1 saturated heterocycles. The molecular weight excluding hydrogens is 228 g/mol. The molecule has 2 rings (SSSR count). The highest BCUT2D eigenvalue weighted by Gasteiger charge is 2.21. The molecule has 2 heterocycles. The monoisotopic (exact) mass is 252 g/mol. The summed E-state index contributed by atoms with van der Waals surface area (Å²) in [5, 5.41) is 4.50. The number of nitrogens with zero attached hydrogens (tertiary/aromatic N) is 3. The third kappa shape index (κ3) is 2.61. The first kappa shape index (κ1) is 13.2. The lowest BCUT2D eigenvalue weighted by Gasteiger charge is -2.23. The van der Waals surface area contributed by atoms with E-state index in [1.807, 2.05) is 11.7 Å². The maximum absolute atomic E-state index is 6.20. The van der Waals surface area contributed by atoms with Crippen molar-refractivity contribution in [1.82, 2.24) is 9.78 Å². The first-order valence-electron chi connectivity index (χ1n) is 6.77. The number of ether oxygens (including phenoxy) is 1. The average Bonchev–Trinajstić information content (AvgIpc) is 2.89. The Balaban J connectivity index is 2.10. The van der Waals surface area contributed by atoms with Crippen molar-refractivity contribution in [2.75, 3.05) is 30.8 Å². The first-order chi connectivity index (χ1) is 8.63. The van der Waals surface area contributed by atoms with Crippen molar-refractivity contribution in [1.29, 1.82) is 0 Å². The van der Waals surface area contributed by atoms with Crippen molar-refractivity contribution >= 4 is 11.5 Å². The normalized spacial score (nSPS) is 19.4. The average molecular weight is 252 g/mol. The molecule has 1 fully saturated rings. The van der Waals surface area contributed by atoms with Crippen LogP contribution in [-0.2, 0) is 18.2 Å². The van der Waals surface area contributed by atoms with E-state index in [2.05, 4.69) is 24.0 Å². The van der Waals surface area contributed by atoms with Gasteiger partial charge in [0.2, 0.25) is 0 Å². The molecule has 0 amide bonds. The third-order valence-electron chi connectivity index (χ3n) is 3.48. The van der Waals surface area contributed by atoms with Gasteiger partial charge in [-0.25, -0.2) is 0 Å². The highest BCUT2D eigenvalue weighted by atomic mass is 16.5. The van der Waals surface area contributed by atoms with Gasteiger partial charge in [0.1, 0.15) is 5.82 Å². The van der Waals surface area contributed by atoms with Crippen LogP contribution >= 0.6 is 0 Å². The molecule has 5 heteroatoms. The topological polar surface area (TPSA) is 56.3 Å². The van der Waals surface area contributed by atoms with Crippen LogP contribution in [0, 0.1) is 0 Å². The number of nitrogen functional groups attached to an aromatic ring is 1. The number of aromatic nitrogens is 2. The Morgan fingerprint density at radius 1 is 1.56 bits per heavy atom. The Morgan fingerprint density at radius 2 is 2.33 bits per heavy atom. The molecule has 18 heavy (non-hydrogen) atoms. The molecule has 0 aromatic carbocycles. The molecule has 0 spiro atoms. The van der Waals surface area contributed by atoms with Gasteiger partial charge in [0.25, 0.3) is 0 Å². The smallest absolute Gasteiger partial charge is 0.150 e. The van der Waals surface area contributed by atoms with Gasteiger partial charge < -0.3 is 15.4 Å². The number of hydrogen-bond donors (Lipinski definition) is 1. The molecule has 102 valence electrons. The van der Waals surface area contributed by atoms with Gasteiger partial charge in [-0.15, -0.1) is 0 Å². The lowest BCUT2D eigenvalue weighted by molar-refractivity contribution is 0.116. The van der Waals surface area contributed by atoms with Crippen LogP contribution in [-0.4, -0.2) is 36.1 Å². The zero-order valence-corrected chi connectivity index (χ0v) is 11.6. The fourth-order valence-electron chi connectivity index (χ4n) is 2.64. The lowest BCUT2D eigenvalue weighted by Crippen LogP contribution is -2.30. The number of anilines is 2. The van der Waals surface area contributed by atoms with Crippen LogP contribution in [0.4, 0.5) is 11.5 Å². The lowest BCUT2D eigenvalue weighted by atomic mass is 10.2. The molecule has 0 saturated carbocycles. The van der Waals surface area contributed by atoms with Gasteiger partial charge in [-0.2, -0.15) is 5.10 Å². The van der Waals surface area contributed by atoms with E-state index < -0.39 is 0 Å². The molecule has 1 aromatic rings. The highest BCUT2D eigenvalue weighted by molar-refractivity contribution is 5.66. The van der Waals surface area contributed by atoms with Crippen molar-refractivity contribution < 1.29 is 4.74 Å². The van der Waals surface area contributed by atoms with Gasteiger partial charge in [0.15, 0.2) is 0 Å². The Labute approximate surface area is 109 Å². The van der Waals surface area contributed by atoms with Crippen molar-refractivity contribution in [2.45, 2.75) is 38.7 Å². The molecule has 0 bridgehead atoms. The Bertz CT molecular complexity index is 396. The minimum absolute atomic E-state index is 0.332. The number of nitrogens with two attached hydrogens (primary N) is 1. The quantitative estimate of drug-likeness (QED) is 0.864. The van der Waals surface area contributed by atoms with Crippen LogP contribution in [0.25, 0.3) is 0 Å². The standard InChI is InChI=1S/C13H24N4O/c1-4-6-11-12(14)13(17(3)15-11)16(2)9-10-7-5-8-18-10/h10H,4-9,14H2,1-3H3. The van der Waals surface area contributed by atoms with Gasteiger partial charge >= 0.3 is 0 Å². The van der Waals surface area contributed by atoms with Gasteiger partial charge in [0.05, 0.1) is 17.5 Å².